The van der Waals surface area contributed by atoms with E-state index in [1.54, 1.807) is 11.6 Å². The molecule has 33 heavy (non-hydrogen) atoms. The van der Waals surface area contributed by atoms with E-state index in [0.29, 0.717) is 11.6 Å². The number of hydrogen-bond donors (Lipinski definition) is 0. The molecule has 1 saturated carbocycles. The summed E-state index contributed by atoms with van der Waals surface area (Å²) in [7, 11) is 1.65. The third kappa shape index (κ3) is 3.73. The molecule has 1 aliphatic carbocycles. The van der Waals surface area contributed by atoms with Crippen LogP contribution in [0.1, 0.15) is 44.4 Å². The zero-order chi connectivity index (χ0) is 24.1. The van der Waals surface area contributed by atoms with Crippen LogP contribution in [-0.4, -0.2) is 38.4 Å². The Morgan fingerprint density at radius 2 is 1.79 bits per heavy atom. The van der Waals surface area contributed by atoms with E-state index in [4.69, 9.17) is 16.3 Å². The lowest BCUT2D eigenvalue weighted by molar-refractivity contribution is -0.143. The van der Waals surface area contributed by atoms with Gasteiger partial charge in [-0.3, -0.25) is 14.5 Å². The first-order valence-corrected chi connectivity index (χ1v) is 11.6. The number of ether oxygens (including phenoxy) is 1. The van der Waals surface area contributed by atoms with E-state index < -0.39 is 0 Å². The number of hydrogen-bond acceptors (Lipinski definition) is 5. The number of aromatic nitrogens is 3. The van der Waals surface area contributed by atoms with Gasteiger partial charge in [0, 0.05) is 23.9 Å². The van der Waals surface area contributed by atoms with Gasteiger partial charge < -0.3 is 4.74 Å². The van der Waals surface area contributed by atoms with Crippen molar-refractivity contribution in [1.82, 2.24) is 19.5 Å². The molecular formula is C25H29ClN4O3. The fourth-order valence-electron chi connectivity index (χ4n) is 4.94. The minimum absolute atomic E-state index is 0.0746. The molecule has 1 aromatic carbocycles. The van der Waals surface area contributed by atoms with E-state index in [2.05, 4.69) is 10.1 Å². The van der Waals surface area contributed by atoms with Gasteiger partial charge in [0.1, 0.15) is 6.33 Å². The summed E-state index contributed by atoms with van der Waals surface area (Å²) in [4.78, 5) is 31.3. The molecule has 174 valence electrons. The molecule has 2 atom stereocenters. The smallest absolute Gasteiger partial charge is 0.233 e. The summed E-state index contributed by atoms with van der Waals surface area (Å²) in [5.41, 5.74) is 5.01. The number of likely N-dealkylation sites (tertiary alicyclic amines) is 1. The molecule has 7 nitrogen and oxygen atoms in total. The highest BCUT2D eigenvalue weighted by Crippen LogP contribution is 2.63. The number of halogens is 1. The summed E-state index contributed by atoms with van der Waals surface area (Å²) in [6.45, 7) is 10.6. The van der Waals surface area contributed by atoms with E-state index in [1.165, 1.54) is 11.2 Å². The zero-order valence-electron chi connectivity index (χ0n) is 19.8. The second-order valence-corrected chi connectivity index (χ2v) is 9.44. The predicted molar refractivity (Wildman–Crippen MR) is 127 cm³/mol. The molecule has 0 spiro atoms. The summed E-state index contributed by atoms with van der Waals surface area (Å²) in [5.74, 6) is -0.513. The molecule has 2 aromatic heterocycles. The van der Waals surface area contributed by atoms with Crippen molar-refractivity contribution in [3.63, 3.8) is 0 Å². The Labute approximate surface area is 198 Å². The maximum atomic E-state index is 12.7. The number of rotatable bonds is 5. The molecule has 3 heterocycles. The van der Waals surface area contributed by atoms with Gasteiger partial charge in [-0.15, -0.1) is 0 Å². The number of imide groups is 1. The molecular weight excluding hydrogens is 440 g/mol. The Bertz CT molecular complexity index is 1230. The second-order valence-electron chi connectivity index (χ2n) is 9.01. The monoisotopic (exact) mass is 468 g/mol. The first kappa shape index (κ1) is 23.4. The third-order valence-electron chi connectivity index (χ3n) is 6.68. The van der Waals surface area contributed by atoms with E-state index in [0.717, 1.165) is 33.5 Å². The molecule has 2 amide bonds. The average molecular weight is 469 g/mol. The van der Waals surface area contributed by atoms with E-state index in [1.807, 2.05) is 59.0 Å². The van der Waals surface area contributed by atoms with Crippen molar-refractivity contribution >= 4 is 28.9 Å². The van der Waals surface area contributed by atoms with Gasteiger partial charge in [-0.2, -0.15) is 5.10 Å². The Morgan fingerprint density at radius 1 is 1.12 bits per heavy atom. The van der Waals surface area contributed by atoms with Crippen molar-refractivity contribution in [1.29, 1.82) is 0 Å². The van der Waals surface area contributed by atoms with Gasteiger partial charge in [0.2, 0.25) is 11.8 Å². The maximum Gasteiger partial charge on any atom is 0.233 e. The number of fused-ring (bicyclic) bond motifs is 2. The Morgan fingerprint density at radius 3 is 2.42 bits per heavy atom. The van der Waals surface area contributed by atoms with Crippen LogP contribution in [0.4, 0.5) is 0 Å². The molecule has 2 unspecified atom stereocenters. The van der Waals surface area contributed by atoms with Crippen LogP contribution in [0.2, 0.25) is 5.02 Å². The van der Waals surface area contributed by atoms with Crippen LogP contribution in [0.15, 0.2) is 30.7 Å². The largest absolute Gasteiger partial charge is 0.380 e. The SMILES string of the molecule is CC.COCc1c(C)cc(Cl)cc1-c1ncnn2cc(CN3C(=O)C4C(C3=O)C4(C)C)cc12. The van der Waals surface area contributed by atoms with Gasteiger partial charge in [0.15, 0.2) is 0 Å². The number of methoxy groups -OCH3 is 1. The van der Waals surface area contributed by atoms with Crippen LogP contribution < -0.4 is 0 Å². The van der Waals surface area contributed by atoms with Crippen molar-refractivity contribution in [3.05, 3.63) is 52.4 Å². The maximum absolute atomic E-state index is 12.7. The lowest BCUT2D eigenvalue weighted by atomic mass is 9.99. The van der Waals surface area contributed by atoms with Crippen LogP contribution in [0.25, 0.3) is 16.8 Å². The van der Waals surface area contributed by atoms with Crippen LogP contribution in [0.5, 0.6) is 0 Å². The fraction of sp³-hybridized carbons (Fsp3) is 0.440. The summed E-state index contributed by atoms with van der Waals surface area (Å²) in [5, 5.41) is 4.94. The molecule has 2 fully saturated rings. The molecule has 8 heteroatoms. The minimum Gasteiger partial charge on any atom is -0.380 e. The molecule has 0 radical (unpaired) electrons. The minimum atomic E-state index is -0.211. The lowest BCUT2D eigenvalue weighted by Gasteiger charge is -2.19. The standard InChI is InChI=1S/C23H23ClN4O3.C2H6/c1-12-5-14(24)7-15(16(12)10-31-4)20-17-6-13(9-28(17)26-11-25-20)8-27-21(29)18-19(22(27)30)23(18,2)3;1-2/h5-7,9,11,18-19H,8,10H2,1-4H3;1-2H3. The van der Waals surface area contributed by atoms with Gasteiger partial charge in [0.25, 0.3) is 0 Å². The van der Waals surface area contributed by atoms with Crippen molar-refractivity contribution in [2.75, 3.05) is 7.11 Å². The Kier molecular flexibility index (Phi) is 6.05. The highest BCUT2D eigenvalue weighted by Gasteiger charge is 2.72. The van der Waals surface area contributed by atoms with Crippen molar-refractivity contribution in [3.8, 4) is 11.3 Å². The third-order valence-corrected chi connectivity index (χ3v) is 6.89. The van der Waals surface area contributed by atoms with E-state index in [9.17, 15) is 9.59 Å². The Balaban J connectivity index is 0.00000126. The first-order chi connectivity index (χ1) is 15.7. The number of carbonyl (C=O) groups excluding carboxylic acids is 2. The number of aryl methyl sites for hydroxylation is 1. The fourth-order valence-corrected chi connectivity index (χ4v) is 5.21. The van der Waals surface area contributed by atoms with Gasteiger partial charge in [-0.05, 0) is 47.2 Å². The molecule has 0 N–H and O–H groups in total. The molecule has 3 aromatic rings. The van der Waals surface area contributed by atoms with Crippen LogP contribution >= 0.6 is 11.6 Å². The zero-order valence-corrected chi connectivity index (χ0v) is 20.6. The highest BCUT2D eigenvalue weighted by molar-refractivity contribution is 6.31. The van der Waals surface area contributed by atoms with E-state index >= 15 is 0 Å². The molecule has 1 aliphatic heterocycles. The van der Waals surface area contributed by atoms with Crippen LogP contribution in [-0.2, 0) is 27.5 Å². The van der Waals surface area contributed by atoms with Crippen molar-refractivity contribution in [2.45, 2.75) is 47.8 Å². The number of carbonyl (C=O) groups is 2. The topological polar surface area (TPSA) is 76.8 Å². The predicted octanol–water partition coefficient (Wildman–Crippen LogP) is 4.67. The van der Waals surface area contributed by atoms with Gasteiger partial charge in [-0.1, -0.05) is 39.3 Å². The average Bonchev–Trinajstić information content (AvgIpc) is 3.04. The normalized spacial score (nSPS) is 20.6. The van der Waals surface area contributed by atoms with Crippen molar-refractivity contribution < 1.29 is 14.3 Å². The molecule has 0 bridgehead atoms. The summed E-state index contributed by atoms with van der Waals surface area (Å²) >= 11 is 6.34. The molecule has 5 rings (SSSR count). The van der Waals surface area contributed by atoms with Crippen molar-refractivity contribution in [2.24, 2.45) is 17.3 Å². The van der Waals surface area contributed by atoms with Crippen LogP contribution in [0.3, 0.4) is 0 Å². The summed E-state index contributed by atoms with van der Waals surface area (Å²) in [6, 6.07) is 5.71. The van der Waals surface area contributed by atoms with E-state index in [-0.39, 0.29) is 35.6 Å². The lowest BCUT2D eigenvalue weighted by Crippen LogP contribution is -2.35. The number of benzene rings is 1. The van der Waals surface area contributed by atoms with Gasteiger partial charge >= 0.3 is 0 Å². The quantitative estimate of drug-likeness (QED) is 0.508. The van der Waals surface area contributed by atoms with Gasteiger partial charge in [-0.25, -0.2) is 9.50 Å². The molecule has 1 saturated heterocycles. The van der Waals surface area contributed by atoms with Gasteiger partial charge in [0.05, 0.1) is 36.2 Å². The first-order valence-electron chi connectivity index (χ1n) is 11.2. The summed E-state index contributed by atoms with van der Waals surface area (Å²) in [6.07, 6.45) is 3.33. The second kappa shape index (κ2) is 8.54. The molecule has 2 aliphatic rings. The number of amides is 2. The summed E-state index contributed by atoms with van der Waals surface area (Å²) < 4.78 is 7.12. The highest BCUT2D eigenvalue weighted by atomic mass is 35.5. The number of nitrogens with zero attached hydrogens (tertiary/aromatic N) is 4. The Hall–Kier alpha value is -2.77. The number of piperidine rings is 1. The van der Waals surface area contributed by atoms with Crippen LogP contribution in [0, 0.1) is 24.2 Å².